The van der Waals surface area contributed by atoms with Gasteiger partial charge in [0, 0.05) is 13.1 Å². The molecule has 0 aromatic carbocycles. The van der Waals surface area contributed by atoms with Gasteiger partial charge in [-0.2, -0.15) is 0 Å². The van der Waals surface area contributed by atoms with Crippen LogP contribution in [0.4, 0.5) is 0 Å². The van der Waals surface area contributed by atoms with E-state index in [2.05, 4.69) is 66.0 Å². The van der Waals surface area contributed by atoms with Gasteiger partial charge in [-0.15, -0.1) is 0 Å². The van der Waals surface area contributed by atoms with Crippen LogP contribution in [0.15, 0.2) is 0 Å². The Kier molecular flexibility index (Phi) is 11.8. The zero-order valence-electron chi connectivity index (χ0n) is 17.8. The highest BCUT2D eigenvalue weighted by Gasteiger charge is 2.19. The Morgan fingerprint density at radius 2 is 0.960 bits per heavy atom. The summed E-state index contributed by atoms with van der Waals surface area (Å²) in [4.78, 5) is 24.1. The minimum absolute atomic E-state index is 0.0704. The fraction of sp³-hybridized carbons (Fsp3) is 0.905. The number of carbonyl (C=O) groups is 2. The first-order valence-electron chi connectivity index (χ1n) is 10.1. The molecule has 0 aliphatic carbocycles. The van der Waals surface area contributed by atoms with Gasteiger partial charge in [0.05, 0.1) is 0 Å². The molecule has 2 amide bonds. The first kappa shape index (κ1) is 23.9. The van der Waals surface area contributed by atoms with Crippen LogP contribution >= 0.6 is 0 Å². The minimum Gasteiger partial charge on any atom is -0.355 e. The Bertz CT molecular complexity index is 353. The molecule has 2 N–H and O–H groups in total. The fourth-order valence-corrected chi connectivity index (χ4v) is 3.15. The molecule has 2 atom stereocenters. The molecule has 0 saturated heterocycles. The smallest absolute Gasteiger partial charge is 0.229 e. The lowest BCUT2D eigenvalue weighted by molar-refractivity contribution is -0.129. The molecule has 0 rings (SSSR count). The third-order valence-corrected chi connectivity index (χ3v) is 4.88. The van der Waals surface area contributed by atoms with E-state index in [9.17, 15) is 9.59 Å². The summed E-state index contributed by atoms with van der Waals surface area (Å²) in [5, 5.41) is 5.89. The number of rotatable bonds is 12. The maximum absolute atomic E-state index is 12.1. The van der Waals surface area contributed by atoms with Crippen molar-refractivity contribution in [3.8, 4) is 0 Å². The summed E-state index contributed by atoms with van der Waals surface area (Å²) in [6, 6.07) is 0. The highest BCUT2D eigenvalue weighted by Crippen LogP contribution is 2.20. The van der Waals surface area contributed by atoms with Gasteiger partial charge in [-0.05, 0) is 48.3 Å². The maximum Gasteiger partial charge on any atom is 0.229 e. The molecule has 4 heteroatoms. The summed E-state index contributed by atoms with van der Waals surface area (Å²) in [6.45, 7) is 18.9. The summed E-state index contributed by atoms with van der Waals surface area (Å²) < 4.78 is 0. The summed E-state index contributed by atoms with van der Waals surface area (Å²) in [5.41, 5.74) is 0. The van der Waals surface area contributed by atoms with Crippen LogP contribution in [-0.4, -0.2) is 24.9 Å². The molecular formula is C21H42N2O2. The number of amides is 2. The second-order valence-corrected chi connectivity index (χ2v) is 9.05. The molecule has 0 saturated carbocycles. The van der Waals surface area contributed by atoms with Crippen molar-refractivity contribution in [2.24, 2.45) is 35.5 Å². The minimum atomic E-state index is -0.170. The fourth-order valence-electron chi connectivity index (χ4n) is 3.15. The van der Waals surface area contributed by atoms with E-state index in [4.69, 9.17) is 0 Å². The standard InChI is InChI=1S/C21H42N2O2/c1-14(2)9-18(16(5)6)12-22-20(24)11-21(25)23-13-19(17(7)8)10-15(3)4/h14-19H,9-13H2,1-8H3,(H,22,24)(H,23,25). The first-order valence-corrected chi connectivity index (χ1v) is 10.1. The van der Waals surface area contributed by atoms with Crippen molar-refractivity contribution in [1.82, 2.24) is 10.6 Å². The molecule has 0 aromatic rings. The van der Waals surface area contributed by atoms with E-state index in [1.807, 2.05) is 0 Å². The van der Waals surface area contributed by atoms with Gasteiger partial charge in [0.2, 0.25) is 11.8 Å². The number of hydrogen-bond donors (Lipinski definition) is 2. The van der Waals surface area contributed by atoms with Gasteiger partial charge in [0.25, 0.3) is 0 Å². The van der Waals surface area contributed by atoms with E-state index in [0.29, 0.717) is 48.6 Å². The third-order valence-electron chi connectivity index (χ3n) is 4.88. The van der Waals surface area contributed by atoms with Gasteiger partial charge in [-0.25, -0.2) is 0 Å². The Balaban J connectivity index is 4.26. The zero-order chi connectivity index (χ0) is 19.6. The lowest BCUT2D eigenvalue weighted by atomic mass is 9.87. The van der Waals surface area contributed by atoms with Crippen LogP contribution < -0.4 is 10.6 Å². The molecular weight excluding hydrogens is 312 g/mol. The Morgan fingerprint density at radius 3 is 1.20 bits per heavy atom. The van der Waals surface area contributed by atoms with Crippen LogP contribution in [0.3, 0.4) is 0 Å². The van der Waals surface area contributed by atoms with Crippen molar-refractivity contribution < 1.29 is 9.59 Å². The van der Waals surface area contributed by atoms with E-state index in [-0.39, 0.29) is 18.2 Å². The Labute approximate surface area is 155 Å². The van der Waals surface area contributed by atoms with Gasteiger partial charge >= 0.3 is 0 Å². The normalized spacial score (nSPS) is 14.2. The molecule has 4 nitrogen and oxygen atoms in total. The van der Waals surface area contributed by atoms with E-state index in [0.717, 1.165) is 12.8 Å². The third kappa shape index (κ3) is 12.0. The average Bonchev–Trinajstić information content (AvgIpc) is 2.46. The number of carbonyl (C=O) groups excluding carboxylic acids is 2. The summed E-state index contributed by atoms with van der Waals surface area (Å²) in [5.74, 6) is 2.86. The van der Waals surface area contributed by atoms with Crippen LogP contribution in [0.25, 0.3) is 0 Å². The topological polar surface area (TPSA) is 58.2 Å². The van der Waals surface area contributed by atoms with Crippen molar-refractivity contribution in [3.05, 3.63) is 0 Å². The number of nitrogens with one attached hydrogen (secondary N) is 2. The van der Waals surface area contributed by atoms with Crippen molar-refractivity contribution in [1.29, 1.82) is 0 Å². The molecule has 25 heavy (non-hydrogen) atoms. The zero-order valence-corrected chi connectivity index (χ0v) is 17.8. The van der Waals surface area contributed by atoms with Crippen molar-refractivity contribution in [2.75, 3.05) is 13.1 Å². The lowest BCUT2D eigenvalue weighted by Crippen LogP contribution is -2.38. The first-order chi connectivity index (χ1) is 11.5. The molecule has 0 aliphatic rings. The molecule has 0 bridgehead atoms. The van der Waals surface area contributed by atoms with E-state index < -0.39 is 0 Å². The van der Waals surface area contributed by atoms with Crippen molar-refractivity contribution >= 4 is 11.8 Å². The van der Waals surface area contributed by atoms with Crippen LogP contribution in [-0.2, 0) is 9.59 Å². The molecule has 0 spiro atoms. The van der Waals surface area contributed by atoms with E-state index >= 15 is 0 Å². The Hall–Kier alpha value is -1.06. The van der Waals surface area contributed by atoms with E-state index in [1.54, 1.807) is 0 Å². The van der Waals surface area contributed by atoms with E-state index in [1.165, 1.54) is 0 Å². The molecule has 0 aromatic heterocycles. The van der Waals surface area contributed by atoms with Crippen molar-refractivity contribution in [2.45, 2.75) is 74.7 Å². The van der Waals surface area contributed by atoms with Crippen LogP contribution in [0.1, 0.15) is 74.7 Å². The largest absolute Gasteiger partial charge is 0.355 e. The predicted octanol–water partition coefficient (Wildman–Crippen LogP) is 4.25. The number of hydrogen-bond acceptors (Lipinski definition) is 2. The highest BCUT2D eigenvalue weighted by atomic mass is 16.2. The van der Waals surface area contributed by atoms with Gasteiger partial charge in [0.1, 0.15) is 6.42 Å². The Morgan fingerprint density at radius 1 is 0.640 bits per heavy atom. The molecule has 0 radical (unpaired) electrons. The second-order valence-electron chi connectivity index (χ2n) is 9.05. The monoisotopic (exact) mass is 354 g/mol. The van der Waals surface area contributed by atoms with Crippen LogP contribution in [0, 0.1) is 35.5 Å². The molecule has 0 heterocycles. The van der Waals surface area contributed by atoms with Gasteiger partial charge in [-0.1, -0.05) is 55.4 Å². The summed E-state index contributed by atoms with van der Waals surface area (Å²) >= 11 is 0. The van der Waals surface area contributed by atoms with Gasteiger partial charge in [-0.3, -0.25) is 9.59 Å². The average molecular weight is 355 g/mol. The molecule has 0 aliphatic heterocycles. The van der Waals surface area contributed by atoms with Crippen LogP contribution in [0.2, 0.25) is 0 Å². The van der Waals surface area contributed by atoms with Gasteiger partial charge < -0.3 is 10.6 Å². The second kappa shape index (κ2) is 12.3. The molecule has 148 valence electrons. The highest BCUT2D eigenvalue weighted by molar-refractivity contribution is 5.96. The van der Waals surface area contributed by atoms with Gasteiger partial charge in [0.15, 0.2) is 0 Å². The van der Waals surface area contributed by atoms with Crippen molar-refractivity contribution in [3.63, 3.8) is 0 Å². The maximum atomic E-state index is 12.1. The molecule has 0 fully saturated rings. The summed E-state index contributed by atoms with van der Waals surface area (Å²) in [6.07, 6.45) is 2.11. The van der Waals surface area contributed by atoms with Crippen LogP contribution in [0.5, 0.6) is 0 Å². The lowest BCUT2D eigenvalue weighted by Gasteiger charge is -2.24. The quantitative estimate of drug-likeness (QED) is 0.515. The molecule has 2 unspecified atom stereocenters. The predicted molar refractivity (Wildman–Crippen MR) is 106 cm³/mol. The SMILES string of the molecule is CC(C)CC(CNC(=O)CC(=O)NCC(CC(C)C)C(C)C)C(C)C. The summed E-state index contributed by atoms with van der Waals surface area (Å²) in [7, 11) is 0.